The van der Waals surface area contributed by atoms with Crippen LogP contribution in [-0.2, 0) is 0 Å². The van der Waals surface area contributed by atoms with Crippen LogP contribution in [0.4, 0.5) is 0 Å². The van der Waals surface area contributed by atoms with Gasteiger partial charge in [-0.2, -0.15) is 0 Å². The molecule has 0 spiro atoms. The van der Waals surface area contributed by atoms with Gasteiger partial charge >= 0.3 is 0 Å². The number of benzene rings is 1. The van der Waals surface area contributed by atoms with E-state index < -0.39 is 0 Å². The van der Waals surface area contributed by atoms with E-state index in [2.05, 4.69) is 36.9 Å². The highest BCUT2D eigenvalue weighted by molar-refractivity contribution is 8.00. The molecule has 3 heteroatoms. The van der Waals surface area contributed by atoms with Crippen molar-refractivity contribution in [3.05, 3.63) is 29.8 Å². The highest BCUT2D eigenvalue weighted by Crippen LogP contribution is 2.41. The van der Waals surface area contributed by atoms with Gasteiger partial charge in [0.05, 0.1) is 7.11 Å². The maximum atomic E-state index is 6.40. The van der Waals surface area contributed by atoms with Gasteiger partial charge in [0.2, 0.25) is 0 Å². The van der Waals surface area contributed by atoms with Crippen LogP contribution in [-0.4, -0.2) is 18.4 Å². The summed E-state index contributed by atoms with van der Waals surface area (Å²) in [6, 6.07) is 8.64. The number of nitrogens with two attached hydrogens (primary N) is 1. The second-order valence-corrected chi connectivity index (χ2v) is 7.11. The van der Waals surface area contributed by atoms with Gasteiger partial charge in [0.25, 0.3) is 0 Å². The lowest BCUT2D eigenvalue weighted by Gasteiger charge is -2.30. The fraction of sp³-hybridized carbons (Fsp3) is 0.647. The maximum absolute atomic E-state index is 6.40. The first-order valence-electron chi connectivity index (χ1n) is 7.79. The number of ether oxygens (including phenoxy) is 1. The van der Waals surface area contributed by atoms with E-state index in [1.165, 1.54) is 37.7 Å². The van der Waals surface area contributed by atoms with Crippen molar-refractivity contribution in [3.8, 4) is 5.75 Å². The number of hydrogen-bond donors (Lipinski definition) is 1. The van der Waals surface area contributed by atoms with E-state index in [9.17, 15) is 0 Å². The molecular formula is C17H27NOS. The largest absolute Gasteiger partial charge is 0.497 e. The molecule has 1 saturated carbocycles. The minimum atomic E-state index is 0.217. The van der Waals surface area contributed by atoms with Crippen molar-refractivity contribution in [1.82, 2.24) is 0 Å². The fourth-order valence-electron chi connectivity index (χ4n) is 2.87. The zero-order valence-electron chi connectivity index (χ0n) is 12.7. The standard InChI is InChI=1S/C17H27NOS/c1-3-16(18)17(20-15-10-5-4-6-11-15)13-8-7-9-14(12-13)19-2/h7-9,12,15-17H,3-6,10-11,18H2,1-2H3. The Morgan fingerprint density at radius 2 is 2.05 bits per heavy atom. The molecule has 1 fully saturated rings. The van der Waals surface area contributed by atoms with Crippen LogP contribution in [0.1, 0.15) is 56.3 Å². The fourth-order valence-corrected chi connectivity index (χ4v) is 4.59. The molecule has 0 aromatic heterocycles. The molecule has 0 radical (unpaired) electrons. The molecule has 2 nitrogen and oxygen atoms in total. The smallest absolute Gasteiger partial charge is 0.119 e. The predicted octanol–water partition coefficient (Wildman–Crippen LogP) is 4.54. The Kier molecular flexibility index (Phi) is 6.24. The van der Waals surface area contributed by atoms with E-state index in [-0.39, 0.29) is 6.04 Å². The lowest BCUT2D eigenvalue weighted by Crippen LogP contribution is -2.27. The quantitative estimate of drug-likeness (QED) is 0.836. The molecule has 2 atom stereocenters. The van der Waals surface area contributed by atoms with Crippen LogP contribution in [0.15, 0.2) is 24.3 Å². The summed E-state index contributed by atoms with van der Waals surface area (Å²) < 4.78 is 5.36. The number of thioether (sulfide) groups is 1. The Hall–Kier alpha value is -0.670. The summed E-state index contributed by atoms with van der Waals surface area (Å²) in [5.41, 5.74) is 7.71. The zero-order chi connectivity index (χ0) is 14.4. The molecular weight excluding hydrogens is 266 g/mol. The number of rotatable bonds is 6. The highest BCUT2D eigenvalue weighted by Gasteiger charge is 2.25. The Bertz CT molecular complexity index is 404. The van der Waals surface area contributed by atoms with Crippen molar-refractivity contribution >= 4 is 11.8 Å². The molecule has 0 bridgehead atoms. The van der Waals surface area contributed by atoms with Crippen LogP contribution in [0.25, 0.3) is 0 Å². The molecule has 0 amide bonds. The molecule has 112 valence electrons. The molecule has 0 heterocycles. The van der Waals surface area contributed by atoms with Crippen LogP contribution in [0.3, 0.4) is 0 Å². The minimum absolute atomic E-state index is 0.217. The van der Waals surface area contributed by atoms with Gasteiger partial charge in [-0.15, -0.1) is 11.8 Å². The summed E-state index contributed by atoms with van der Waals surface area (Å²) in [6.45, 7) is 2.18. The molecule has 0 saturated heterocycles. The minimum Gasteiger partial charge on any atom is -0.497 e. The maximum Gasteiger partial charge on any atom is 0.119 e. The van der Waals surface area contributed by atoms with E-state index in [0.29, 0.717) is 5.25 Å². The summed E-state index contributed by atoms with van der Waals surface area (Å²) in [7, 11) is 1.72. The Labute approximate surface area is 127 Å². The second kappa shape index (κ2) is 7.94. The Morgan fingerprint density at radius 1 is 1.30 bits per heavy atom. The molecule has 2 N–H and O–H groups in total. The Balaban J connectivity index is 2.13. The summed E-state index contributed by atoms with van der Waals surface area (Å²) in [6.07, 6.45) is 7.87. The third kappa shape index (κ3) is 4.16. The van der Waals surface area contributed by atoms with E-state index in [1.807, 2.05) is 6.07 Å². The van der Waals surface area contributed by atoms with E-state index in [0.717, 1.165) is 17.4 Å². The van der Waals surface area contributed by atoms with Crippen LogP contribution in [0, 0.1) is 0 Å². The van der Waals surface area contributed by atoms with Gasteiger partial charge in [-0.1, -0.05) is 38.3 Å². The molecule has 0 aliphatic heterocycles. The van der Waals surface area contributed by atoms with Crippen molar-refractivity contribution in [2.24, 2.45) is 5.73 Å². The molecule has 1 aromatic rings. The topological polar surface area (TPSA) is 35.2 Å². The normalized spacial score (nSPS) is 19.6. The monoisotopic (exact) mass is 293 g/mol. The summed E-state index contributed by atoms with van der Waals surface area (Å²) in [5, 5.41) is 1.16. The van der Waals surface area contributed by atoms with Crippen LogP contribution in [0.5, 0.6) is 5.75 Å². The van der Waals surface area contributed by atoms with Gasteiger partial charge in [-0.3, -0.25) is 0 Å². The third-order valence-corrected chi connectivity index (χ3v) is 5.95. The third-order valence-electron chi connectivity index (χ3n) is 4.17. The number of methoxy groups -OCH3 is 1. The Morgan fingerprint density at radius 3 is 2.70 bits per heavy atom. The lowest BCUT2D eigenvalue weighted by molar-refractivity contribution is 0.414. The summed E-state index contributed by atoms with van der Waals surface area (Å²) in [4.78, 5) is 0. The molecule has 20 heavy (non-hydrogen) atoms. The van der Waals surface area contributed by atoms with Crippen molar-refractivity contribution < 1.29 is 4.74 Å². The first-order valence-corrected chi connectivity index (χ1v) is 8.74. The van der Waals surface area contributed by atoms with Crippen LogP contribution < -0.4 is 10.5 Å². The molecule has 2 unspecified atom stereocenters. The van der Waals surface area contributed by atoms with Crippen molar-refractivity contribution in [3.63, 3.8) is 0 Å². The SMILES string of the molecule is CCC(N)C(SC1CCCCC1)c1cccc(OC)c1. The van der Waals surface area contributed by atoms with E-state index in [4.69, 9.17) is 10.5 Å². The summed E-state index contributed by atoms with van der Waals surface area (Å²) in [5.74, 6) is 0.931. The first-order chi connectivity index (χ1) is 9.74. The molecule has 1 aliphatic carbocycles. The molecule has 1 aliphatic rings. The van der Waals surface area contributed by atoms with Gasteiger partial charge in [0, 0.05) is 16.5 Å². The second-order valence-electron chi connectivity index (χ2n) is 5.67. The molecule has 2 rings (SSSR count). The van der Waals surface area contributed by atoms with E-state index >= 15 is 0 Å². The van der Waals surface area contributed by atoms with Crippen LogP contribution in [0.2, 0.25) is 0 Å². The van der Waals surface area contributed by atoms with Gasteiger partial charge < -0.3 is 10.5 Å². The average Bonchev–Trinajstić information content (AvgIpc) is 2.53. The predicted molar refractivity (Wildman–Crippen MR) is 88.5 cm³/mol. The van der Waals surface area contributed by atoms with Gasteiger partial charge in [-0.25, -0.2) is 0 Å². The van der Waals surface area contributed by atoms with Crippen molar-refractivity contribution in [1.29, 1.82) is 0 Å². The lowest BCUT2D eigenvalue weighted by atomic mass is 10.0. The first kappa shape index (κ1) is 15.7. The van der Waals surface area contributed by atoms with Crippen molar-refractivity contribution in [2.75, 3.05) is 7.11 Å². The molecule has 1 aromatic carbocycles. The van der Waals surface area contributed by atoms with Crippen LogP contribution >= 0.6 is 11.8 Å². The van der Waals surface area contributed by atoms with Crippen molar-refractivity contribution in [2.45, 2.75) is 62.0 Å². The average molecular weight is 293 g/mol. The number of hydrogen-bond acceptors (Lipinski definition) is 3. The van der Waals surface area contributed by atoms with Gasteiger partial charge in [0.15, 0.2) is 0 Å². The zero-order valence-corrected chi connectivity index (χ0v) is 13.5. The van der Waals surface area contributed by atoms with E-state index in [1.54, 1.807) is 7.11 Å². The highest BCUT2D eigenvalue weighted by atomic mass is 32.2. The van der Waals surface area contributed by atoms with Gasteiger partial charge in [0.1, 0.15) is 5.75 Å². The van der Waals surface area contributed by atoms with Gasteiger partial charge in [-0.05, 0) is 37.0 Å². The summed E-state index contributed by atoms with van der Waals surface area (Å²) >= 11 is 2.09.